The molecule has 1 aliphatic carbocycles. The summed E-state index contributed by atoms with van der Waals surface area (Å²) in [6.07, 6.45) is 6.08. The largest absolute Gasteiger partial charge is 0.399 e. The lowest BCUT2D eigenvalue weighted by Crippen LogP contribution is -2.41. The van der Waals surface area contributed by atoms with Crippen molar-refractivity contribution in [3.05, 3.63) is 24.0 Å². The Kier molecular flexibility index (Phi) is 3.82. The second-order valence-corrected chi connectivity index (χ2v) is 7.60. The smallest absolute Gasteiger partial charge is 0.126 e. The first-order chi connectivity index (χ1) is 9.58. The second-order valence-electron chi connectivity index (χ2n) is 5.87. The third kappa shape index (κ3) is 2.74. The van der Waals surface area contributed by atoms with Gasteiger partial charge in [-0.25, -0.2) is 4.39 Å². The van der Waals surface area contributed by atoms with Gasteiger partial charge in [-0.2, -0.15) is 0 Å². The Bertz CT molecular complexity index is 508. The van der Waals surface area contributed by atoms with Crippen molar-refractivity contribution >= 4 is 16.5 Å². The van der Waals surface area contributed by atoms with E-state index in [-0.39, 0.29) is 10.9 Å². The van der Waals surface area contributed by atoms with E-state index < -0.39 is 16.6 Å². The molecule has 1 aromatic carbocycles. The lowest BCUT2D eigenvalue weighted by molar-refractivity contribution is -0.0708. The van der Waals surface area contributed by atoms with Gasteiger partial charge in [0.2, 0.25) is 0 Å². The van der Waals surface area contributed by atoms with Crippen molar-refractivity contribution in [2.75, 3.05) is 12.3 Å². The Morgan fingerprint density at radius 2 is 2.05 bits per heavy atom. The van der Waals surface area contributed by atoms with Crippen LogP contribution in [-0.4, -0.2) is 21.7 Å². The zero-order valence-electron chi connectivity index (χ0n) is 11.4. The fourth-order valence-electron chi connectivity index (χ4n) is 3.43. The van der Waals surface area contributed by atoms with Crippen molar-refractivity contribution in [1.29, 1.82) is 0 Å². The zero-order chi connectivity index (χ0) is 14.2. The molecule has 1 saturated carbocycles. The van der Waals surface area contributed by atoms with E-state index in [0.29, 0.717) is 17.2 Å². The molecule has 2 unspecified atom stereocenters. The molecule has 1 spiro atoms. The predicted molar refractivity (Wildman–Crippen MR) is 77.4 cm³/mol. The summed E-state index contributed by atoms with van der Waals surface area (Å²) >= 11 is 0. The highest BCUT2D eigenvalue weighted by atomic mass is 32.2. The van der Waals surface area contributed by atoms with Gasteiger partial charge in [-0.3, -0.25) is 4.21 Å². The molecule has 110 valence electrons. The third-order valence-corrected chi connectivity index (χ3v) is 6.10. The van der Waals surface area contributed by atoms with Crippen LogP contribution >= 0.6 is 0 Å². The van der Waals surface area contributed by atoms with Gasteiger partial charge in [-0.1, -0.05) is 12.8 Å². The van der Waals surface area contributed by atoms with Crippen LogP contribution in [0.3, 0.4) is 0 Å². The molecule has 1 saturated heterocycles. The fourth-order valence-corrected chi connectivity index (χ4v) is 5.06. The molecule has 3 rings (SSSR count). The zero-order valence-corrected chi connectivity index (χ0v) is 12.3. The van der Waals surface area contributed by atoms with Crippen molar-refractivity contribution in [1.82, 2.24) is 0 Å². The number of nitrogen functional groups attached to an aromatic ring is 1. The maximum absolute atomic E-state index is 13.4. The van der Waals surface area contributed by atoms with E-state index in [0.717, 1.165) is 25.7 Å². The van der Waals surface area contributed by atoms with E-state index in [4.69, 9.17) is 10.5 Å². The Morgan fingerprint density at radius 3 is 2.75 bits per heavy atom. The molecule has 5 heteroatoms. The third-order valence-electron chi connectivity index (χ3n) is 4.39. The first-order valence-electron chi connectivity index (χ1n) is 7.19. The lowest BCUT2D eigenvalue weighted by Gasteiger charge is -2.37. The Balaban J connectivity index is 1.79. The normalized spacial score (nSPS) is 26.8. The minimum absolute atomic E-state index is 0.0445. The monoisotopic (exact) mass is 297 g/mol. The number of hydrogen-bond acceptors (Lipinski definition) is 3. The summed E-state index contributed by atoms with van der Waals surface area (Å²) in [6.45, 7) is 0.654. The summed E-state index contributed by atoms with van der Waals surface area (Å²) < 4.78 is 32.0. The second kappa shape index (κ2) is 5.45. The number of anilines is 1. The van der Waals surface area contributed by atoms with Crippen molar-refractivity contribution in [2.24, 2.45) is 0 Å². The summed E-state index contributed by atoms with van der Waals surface area (Å²) in [4.78, 5) is 0.502. The molecule has 2 aliphatic rings. The molecule has 1 aliphatic heterocycles. The van der Waals surface area contributed by atoms with Crippen LogP contribution in [0.15, 0.2) is 23.1 Å². The molecule has 2 fully saturated rings. The summed E-state index contributed by atoms with van der Waals surface area (Å²) in [6, 6.07) is 4.21. The van der Waals surface area contributed by atoms with Crippen molar-refractivity contribution in [3.63, 3.8) is 0 Å². The van der Waals surface area contributed by atoms with Crippen molar-refractivity contribution < 1.29 is 13.3 Å². The van der Waals surface area contributed by atoms with Crippen molar-refractivity contribution in [3.8, 4) is 0 Å². The van der Waals surface area contributed by atoms with E-state index in [9.17, 15) is 8.60 Å². The SMILES string of the molecule is Nc1cc(F)cc(S(=O)C2CCOC3(CCCC3)C2)c1. The number of nitrogens with two attached hydrogens (primary N) is 1. The van der Waals surface area contributed by atoms with Gasteiger partial charge < -0.3 is 10.5 Å². The van der Waals surface area contributed by atoms with Crippen LogP contribution < -0.4 is 5.73 Å². The molecule has 0 bridgehead atoms. The fraction of sp³-hybridized carbons (Fsp3) is 0.600. The van der Waals surface area contributed by atoms with Gasteiger partial charge in [0, 0.05) is 22.4 Å². The van der Waals surface area contributed by atoms with E-state index in [1.165, 1.54) is 25.0 Å². The minimum atomic E-state index is -1.21. The number of ether oxygens (including phenoxy) is 1. The molecule has 20 heavy (non-hydrogen) atoms. The van der Waals surface area contributed by atoms with E-state index in [1.54, 1.807) is 6.07 Å². The van der Waals surface area contributed by atoms with Crippen LogP contribution in [0.1, 0.15) is 38.5 Å². The van der Waals surface area contributed by atoms with E-state index >= 15 is 0 Å². The Hall–Kier alpha value is -0.940. The topological polar surface area (TPSA) is 52.3 Å². The van der Waals surface area contributed by atoms with Gasteiger partial charge in [0.15, 0.2) is 0 Å². The van der Waals surface area contributed by atoms with Crippen LogP contribution in [0.4, 0.5) is 10.1 Å². The summed E-state index contributed by atoms with van der Waals surface area (Å²) in [5, 5.41) is 0.0445. The first kappa shape index (κ1) is 14.0. The van der Waals surface area contributed by atoms with Gasteiger partial charge in [0.1, 0.15) is 5.82 Å². The number of halogens is 1. The standard InChI is InChI=1S/C15H20FNO2S/c16-11-7-12(17)9-14(8-11)20(18)13-3-6-19-15(10-13)4-1-2-5-15/h7-9,13H,1-6,10,17H2. The number of rotatable bonds is 2. The number of hydrogen-bond donors (Lipinski definition) is 1. The van der Waals surface area contributed by atoms with Gasteiger partial charge in [-0.05, 0) is 43.9 Å². The van der Waals surface area contributed by atoms with Crippen LogP contribution in [0.5, 0.6) is 0 Å². The lowest BCUT2D eigenvalue weighted by atomic mass is 9.92. The molecule has 1 aromatic rings. The summed E-state index contributed by atoms with van der Waals surface area (Å²) in [7, 11) is -1.21. The average Bonchev–Trinajstić information content (AvgIpc) is 2.85. The highest BCUT2D eigenvalue weighted by molar-refractivity contribution is 7.85. The molecular weight excluding hydrogens is 277 g/mol. The Labute approximate surface area is 121 Å². The molecule has 3 nitrogen and oxygen atoms in total. The van der Waals surface area contributed by atoms with Gasteiger partial charge in [0.25, 0.3) is 0 Å². The maximum atomic E-state index is 13.4. The average molecular weight is 297 g/mol. The minimum Gasteiger partial charge on any atom is -0.399 e. The quantitative estimate of drug-likeness (QED) is 0.854. The molecule has 0 aromatic heterocycles. The van der Waals surface area contributed by atoms with E-state index in [1.807, 2.05) is 0 Å². The van der Waals surface area contributed by atoms with Crippen LogP contribution in [0.2, 0.25) is 0 Å². The highest BCUT2D eigenvalue weighted by Gasteiger charge is 2.41. The molecule has 0 radical (unpaired) electrons. The molecule has 0 amide bonds. The molecular formula is C15H20FNO2S. The van der Waals surface area contributed by atoms with Gasteiger partial charge >= 0.3 is 0 Å². The molecule has 2 atom stereocenters. The highest BCUT2D eigenvalue weighted by Crippen LogP contribution is 2.41. The summed E-state index contributed by atoms with van der Waals surface area (Å²) in [5.74, 6) is -0.420. The van der Waals surface area contributed by atoms with Gasteiger partial charge in [-0.15, -0.1) is 0 Å². The predicted octanol–water partition coefficient (Wildman–Crippen LogP) is 3.01. The molecule has 1 heterocycles. The molecule has 2 N–H and O–H groups in total. The van der Waals surface area contributed by atoms with Crippen LogP contribution in [-0.2, 0) is 15.5 Å². The van der Waals surface area contributed by atoms with Gasteiger partial charge in [0.05, 0.1) is 16.4 Å². The Morgan fingerprint density at radius 1 is 1.30 bits per heavy atom. The number of benzene rings is 1. The first-order valence-corrected chi connectivity index (χ1v) is 8.40. The van der Waals surface area contributed by atoms with E-state index in [2.05, 4.69) is 0 Å². The summed E-state index contributed by atoms with van der Waals surface area (Å²) in [5.41, 5.74) is 5.90. The van der Waals surface area contributed by atoms with Crippen LogP contribution in [0, 0.1) is 5.82 Å². The maximum Gasteiger partial charge on any atom is 0.126 e. The van der Waals surface area contributed by atoms with Crippen LogP contribution in [0.25, 0.3) is 0 Å². The van der Waals surface area contributed by atoms with Crippen molar-refractivity contribution in [2.45, 2.75) is 54.3 Å².